The number of halogens is 3. The number of anilines is 1. The number of aromatic nitrogens is 2. The lowest BCUT2D eigenvalue weighted by Crippen LogP contribution is -2.16. The van der Waals surface area contributed by atoms with Crippen molar-refractivity contribution in [2.24, 2.45) is 0 Å². The number of nitrogen functional groups attached to an aromatic ring is 1. The molecule has 0 aliphatic rings. The normalized spacial score (nSPS) is 15.6. The molecular weight excluding hydrogens is 255 g/mol. The van der Waals surface area contributed by atoms with Crippen LogP contribution in [-0.4, -0.2) is 26.4 Å². The van der Waals surface area contributed by atoms with Gasteiger partial charge in [-0.2, -0.15) is 13.2 Å². The summed E-state index contributed by atoms with van der Waals surface area (Å²) in [5, 5.41) is 9.07. The maximum Gasteiger partial charge on any atom is 0.433 e. The Labute approximate surface area is 100 Å². The van der Waals surface area contributed by atoms with E-state index in [1.165, 1.54) is 0 Å². The summed E-state index contributed by atoms with van der Waals surface area (Å²) in [6.07, 6.45) is -5.22. The van der Waals surface area contributed by atoms with Crippen molar-refractivity contribution in [3.05, 3.63) is 11.8 Å². The smallest absolute Gasteiger partial charge is 0.392 e. The van der Waals surface area contributed by atoms with Crippen LogP contribution in [0, 0.1) is 0 Å². The molecular formula is C9H12F3N3OS. The predicted molar refractivity (Wildman–Crippen MR) is 58.4 cm³/mol. The summed E-state index contributed by atoms with van der Waals surface area (Å²) in [5.74, 6) is -0.430. The molecule has 0 aromatic carbocycles. The molecule has 0 bridgehead atoms. The SMILES string of the molecule is CC(O)C(C)Sc1cc(C(F)(F)F)nc(N)n1. The highest BCUT2D eigenvalue weighted by atomic mass is 32.2. The zero-order valence-electron chi connectivity index (χ0n) is 9.19. The third-order valence-corrected chi connectivity index (χ3v) is 3.21. The van der Waals surface area contributed by atoms with Crippen LogP contribution >= 0.6 is 11.8 Å². The Morgan fingerprint density at radius 1 is 1.35 bits per heavy atom. The average molecular weight is 267 g/mol. The molecule has 0 fully saturated rings. The van der Waals surface area contributed by atoms with Gasteiger partial charge in [-0.1, -0.05) is 6.92 Å². The molecule has 17 heavy (non-hydrogen) atoms. The highest BCUT2D eigenvalue weighted by Gasteiger charge is 2.33. The monoisotopic (exact) mass is 267 g/mol. The quantitative estimate of drug-likeness (QED) is 0.647. The largest absolute Gasteiger partial charge is 0.433 e. The molecule has 0 saturated heterocycles. The maximum absolute atomic E-state index is 12.4. The molecule has 0 radical (unpaired) electrons. The van der Waals surface area contributed by atoms with Crippen molar-refractivity contribution >= 4 is 17.7 Å². The number of aliphatic hydroxyl groups excluding tert-OH is 1. The fraction of sp³-hybridized carbons (Fsp3) is 0.556. The number of nitrogens with zero attached hydrogens (tertiary/aromatic N) is 2. The number of alkyl halides is 3. The van der Waals surface area contributed by atoms with Crippen molar-refractivity contribution in [1.29, 1.82) is 0 Å². The van der Waals surface area contributed by atoms with E-state index < -0.39 is 23.9 Å². The van der Waals surface area contributed by atoms with Crippen LogP contribution in [0.2, 0.25) is 0 Å². The molecule has 1 heterocycles. The fourth-order valence-electron chi connectivity index (χ4n) is 0.937. The van der Waals surface area contributed by atoms with Crippen molar-refractivity contribution in [2.75, 3.05) is 5.73 Å². The van der Waals surface area contributed by atoms with Gasteiger partial charge in [-0.15, -0.1) is 11.8 Å². The van der Waals surface area contributed by atoms with E-state index in [2.05, 4.69) is 9.97 Å². The van der Waals surface area contributed by atoms with Gasteiger partial charge in [-0.25, -0.2) is 9.97 Å². The van der Waals surface area contributed by atoms with Crippen molar-refractivity contribution in [3.8, 4) is 0 Å². The Balaban J connectivity index is 2.98. The van der Waals surface area contributed by atoms with Gasteiger partial charge in [0, 0.05) is 11.3 Å². The third-order valence-electron chi connectivity index (χ3n) is 2.00. The molecule has 0 aliphatic heterocycles. The molecule has 0 spiro atoms. The molecule has 4 nitrogen and oxygen atoms in total. The Morgan fingerprint density at radius 3 is 2.41 bits per heavy atom. The molecule has 1 rings (SSSR count). The van der Waals surface area contributed by atoms with Crippen LogP contribution in [-0.2, 0) is 6.18 Å². The molecule has 0 aliphatic carbocycles. The van der Waals surface area contributed by atoms with Gasteiger partial charge in [0.2, 0.25) is 5.95 Å². The minimum atomic E-state index is -4.56. The van der Waals surface area contributed by atoms with Gasteiger partial charge in [0.15, 0.2) is 5.69 Å². The molecule has 96 valence electrons. The highest BCUT2D eigenvalue weighted by molar-refractivity contribution is 7.99. The first kappa shape index (κ1) is 14.0. The number of nitrogens with two attached hydrogens (primary N) is 1. The Hall–Kier alpha value is -1.02. The number of rotatable bonds is 3. The lowest BCUT2D eigenvalue weighted by atomic mass is 10.3. The summed E-state index contributed by atoms with van der Waals surface area (Å²) in [4.78, 5) is 6.81. The molecule has 1 aromatic heterocycles. The molecule has 3 N–H and O–H groups in total. The maximum atomic E-state index is 12.4. The van der Waals surface area contributed by atoms with Crippen LogP contribution in [0.3, 0.4) is 0 Å². The van der Waals surface area contributed by atoms with Gasteiger partial charge >= 0.3 is 6.18 Å². The van der Waals surface area contributed by atoms with E-state index in [4.69, 9.17) is 5.73 Å². The van der Waals surface area contributed by atoms with E-state index in [1.54, 1.807) is 13.8 Å². The second-order valence-corrected chi connectivity index (χ2v) is 4.91. The summed E-state index contributed by atoms with van der Waals surface area (Å²) in [7, 11) is 0. The molecule has 2 atom stereocenters. The minimum Gasteiger partial charge on any atom is -0.392 e. The highest BCUT2D eigenvalue weighted by Crippen LogP contribution is 2.31. The average Bonchev–Trinajstić information content (AvgIpc) is 2.15. The standard InChI is InChI=1S/C9H12F3N3OS/c1-4(16)5(2)17-7-3-6(9(10,11)12)14-8(13)15-7/h3-5,16H,1-2H3,(H2,13,14,15). The summed E-state index contributed by atoms with van der Waals surface area (Å²) >= 11 is 1.01. The minimum absolute atomic E-state index is 0.0956. The van der Waals surface area contributed by atoms with Gasteiger partial charge in [0.05, 0.1) is 6.10 Å². The first-order valence-corrected chi connectivity index (χ1v) is 5.64. The Morgan fingerprint density at radius 2 is 1.94 bits per heavy atom. The van der Waals surface area contributed by atoms with Crippen LogP contribution in [0.1, 0.15) is 19.5 Å². The number of hydrogen-bond donors (Lipinski definition) is 2. The zero-order chi connectivity index (χ0) is 13.2. The molecule has 2 unspecified atom stereocenters. The molecule has 1 aromatic rings. The van der Waals surface area contributed by atoms with Crippen LogP contribution in [0.5, 0.6) is 0 Å². The van der Waals surface area contributed by atoms with Crippen molar-refractivity contribution < 1.29 is 18.3 Å². The summed E-state index contributed by atoms with van der Waals surface area (Å²) in [5.41, 5.74) is 4.13. The molecule has 0 saturated carbocycles. The van der Waals surface area contributed by atoms with Crippen LogP contribution in [0.4, 0.5) is 19.1 Å². The number of aliphatic hydroxyl groups is 1. The lowest BCUT2D eigenvalue weighted by molar-refractivity contribution is -0.141. The molecule has 8 heteroatoms. The Bertz CT molecular complexity index is 398. The van der Waals surface area contributed by atoms with Gasteiger partial charge in [-0.05, 0) is 6.92 Å². The predicted octanol–water partition coefficient (Wildman–Crippen LogP) is 1.94. The summed E-state index contributed by atoms with van der Waals surface area (Å²) in [6.45, 7) is 3.23. The van der Waals surface area contributed by atoms with Crippen molar-refractivity contribution in [2.45, 2.75) is 36.4 Å². The van der Waals surface area contributed by atoms with Gasteiger partial charge in [-0.3, -0.25) is 0 Å². The van der Waals surface area contributed by atoms with Gasteiger partial charge in [0.1, 0.15) is 5.03 Å². The first-order chi connectivity index (χ1) is 7.70. The van der Waals surface area contributed by atoms with E-state index >= 15 is 0 Å². The van der Waals surface area contributed by atoms with E-state index in [0.717, 1.165) is 17.8 Å². The van der Waals surface area contributed by atoms with Crippen LogP contribution < -0.4 is 5.73 Å². The third kappa shape index (κ3) is 4.04. The van der Waals surface area contributed by atoms with E-state index in [1.807, 2.05) is 0 Å². The van der Waals surface area contributed by atoms with E-state index in [0.29, 0.717) is 0 Å². The van der Waals surface area contributed by atoms with Crippen molar-refractivity contribution in [1.82, 2.24) is 9.97 Å². The fourth-order valence-corrected chi connectivity index (χ4v) is 1.84. The molecule has 0 amide bonds. The second-order valence-electron chi connectivity index (χ2n) is 3.51. The lowest BCUT2D eigenvalue weighted by Gasteiger charge is -2.14. The van der Waals surface area contributed by atoms with Crippen LogP contribution in [0.15, 0.2) is 11.1 Å². The van der Waals surface area contributed by atoms with Gasteiger partial charge in [0.25, 0.3) is 0 Å². The number of hydrogen-bond acceptors (Lipinski definition) is 5. The number of thioether (sulfide) groups is 1. The topological polar surface area (TPSA) is 72.0 Å². The van der Waals surface area contributed by atoms with Crippen molar-refractivity contribution in [3.63, 3.8) is 0 Å². The Kier molecular flexibility index (Phi) is 4.21. The summed E-state index contributed by atoms with van der Waals surface area (Å²) in [6, 6.07) is 0.819. The van der Waals surface area contributed by atoms with Gasteiger partial charge < -0.3 is 10.8 Å². The first-order valence-electron chi connectivity index (χ1n) is 4.76. The second kappa shape index (κ2) is 5.09. The van der Waals surface area contributed by atoms with Crippen LogP contribution in [0.25, 0.3) is 0 Å². The van der Waals surface area contributed by atoms with E-state index in [-0.39, 0.29) is 10.3 Å². The van der Waals surface area contributed by atoms with E-state index in [9.17, 15) is 18.3 Å². The zero-order valence-corrected chi connectivity index (χ0v) is 10.0. The summed E-state index contributed by atoms with van der Waals surface area (Å²) < 4.78 is 37.3.